The average molecular weight is 311 g/mol. The largest absolute Gasteiger partial charge is 0.297 e. The smallest absolute Gasteiger partial charge is 0.261 e. The van der Waals surface area contributed by atoms with Crippen molar-refractivity contribution in [2.24, 2.45) is 0 Å². The van der Waals surface area contributed by atoms with Crippen LogP contribution in [0.15, 0.2) is 30.3 Å². The van der Waals surface area contributed by atoms with Gasteiger partial charge in [-0.3, -0.25) is 19.1 Å². The molecule has 2 rings (SSSR count). The van der Waals surface area contributed by atoms with E-state index in [-0.39, 0.29) is 18.0 Å². The van der Waals surface area contributed by atoms with Gasteiger partial charge >= 0.3 is 0 Å². The molecule has 1 aromatic rings. The van der Waals surface area contributed by atoms with Gasteiger partial charge in [0.25, 0.3) is 5.91 Å². The van der Waals surface area contributed by atoms with Crippen LogP contribution >= 0.6 is 9.39 Å². The number of nitrogens with zero attached hydrogens (tertiary/aromatic N) is 1. The molecule has 0 aliphatic carbocycles. The van der Waals surface area contributed by atoms with Crippen LogP contribution in [0.2, 0.25) is 0 Å². The molecule has 1 amide bonds. The van der Waals surface area contributed by atoms with Gasteiger partial charge in [-0.1, -0.05) is 39.7 Å². The average Bonchev–Trinajstić information content (AvgIpc) is 2.48. The van der Waals surface area contributed by atoms with Gasteiger partial charge in [-0.25, -0.2) is 5.48 Å². The molecule has 0 aromatic heterocycles. The van der Waals surface area contributed by atoms with Crippen molar-refractivity contribution >= 4 is 15.3 Å². The number of hydrogen-bond donors (Lipinski definition) is 2. The molecule has 0 spiro atoms. The lowest BCUT2D eigenvalue weighted by Gasteiger charge is -2.35. The zero-order chi connectivity index (χ0) is 15.1. The molecule has 0 radical (unpaired) electrons. The molecule has 2 N–H and O–H groups in total. The topological polar surface area (TPSA) is 62.8 Å². The fourth-order valence-electron chi connectivity index (χ4n) is 2.36. The monoisotopic (exact) mass is 311 g/mol. The van der Waals surface area contributed by atoms with E-state index in [1.54, 1.807) is 0 Å². The molecule has 1 aliphatic rings. The van der Waals surface area contributed by atoms with Crippen LogP contribution < -0.4 is 11.0 Å². The first-order chi connectivity index (χ1) is 10.2. The van der Waals surface area contributed by atoms with Crippen LogP contribution in [0.25, 0.3) is 0 Å². The van der Waals surface area contributed by atoms with Gasteiger partial charge in [0.05, 0.1) is 19.8 Å². The number of hydrogen-bond acceptors (Lipinski definition) is 5. The number of hydroxylamine groups is 2. The third-order valence-electron chi connectivity index (χ3n) is 3.46. The molecule has 7 heteroatoms. The van der Waals surface area contributed by atoms with Gasteiger partial charge in [0.15, 0.2) is 0 Å². The van der Waals surface area contributed by atoms with E-state index in [1.165, 1.54) is 7.11 Å². The first-order valence-electron chi connectivity index (χ1n) is 6.96. The van der Waals surface area contributed by atoms with Crippen LogP contribution in [-0.4, -0.2) is 36.3 Å². The predicted molar refractivity (Wildman–Crippen MR) is 82.7 cm³/mol. The molecule has 1 fully saturated rings. The van der Waals surface area contributed by atoms with Crippen LogP contribution in [0, 0.1) is 0 Å². The van der Waals surface area contributed by atoms with E-state index in [9.17, 15) is 4.79 Å². The highest BCUT2D eigenvalue weighted by atomic mass is 31.0. The summed E-state index contributed by atoms with van der Waals surface area (Å²) in [5.74, 6) is -0.115. The minimum atomic E-state index is -0.179. The molecule has 21 heavy (non-hydrogen) atoms. The second-order valence-corrected chi connectivity index (χ2v) is 5.71. The second-order valence-electron chi connectivity index (χ2n) is 5.05. The van der Waals surface area contributed by atoms with Gasteiger partial charge < -0.3 is 0 Å². The van der Waals surface area contributed by atoms with E-state index in [4.69, 9.17) is 4.84 Å². The Hall–Kier alpha value is -1.04. The number of rotatable bonds is 6. The zero-order valence-corrected chi connectivity index (χ0v) is 13.3. The number of benzene rings is 1. The molecule has 1 aromatic carbocycles. The Morgan fingerprint density at radius 1 is 1.38 bits per heavy atom. The van der Waals surface area contributed by atoms with Gasteiger partial charge in [0, 0.05) is 12.6 Å². The van der Waals surface area contributed by atoms with E-state index in [2.05, 4.69) is 25.2 Å². The summed E-state index contributed by atoms with van der Waals surface area (Å²) in [6.07, 6.45) is 1.63. The molecule has 1 heterocycles. The molecule has 116 valence electrons. The first-order valence-corrected chi connectivity index (χ1v) is 7.47. The Balaban J connectivity index is 1.71. The quantitative estimate of drug-likeness (QED) is 0.606. The number of nitrogens with one attached hydrogen (secondary N) is 2. The van der Waals surface area contributed by atoms with Gasteiger partial charge in [0.1, 0.15) is 0 Å². The van der Waals surface area contributed by atoms with Crippen molar-refractivity contribution in [1.82, 2.24) is 15.6 Å². The van der Waals surface area contributed by atoms with Gasteiger partial charge in [-0.15, -0.1) is 0 Å². The molecule has 3 atom stereocenters. The summed E-state index contributed by atoms with van der Waals surface area (Å²) < 4.78 is 1.93. The third-order valence-corrected chi connectivity index (χ3v) is 4.03. The molecular formula is C14H22N3O3P. The minimum Gasteiger partial charge on any atom is -0.297 e. The van der Waals surface area contributed by atoms with E-state index in [1.807, 2.05) is 35.0 Å². The van der Waals surface area contributed by atoms with Crippen LogP contribution in [0.5, 0.6) is 0 Å². The summed E-state index contributed by atoms with van der Waals surface area (Å²) in [6, 6.07) is 10.0. The summed E-state index contributed by atoms with van der Waals surface area (Å²) >= 11 is 0. The third kappa shape index (κ3) is 5.02. The van der Waals surface area contributed by atoms with Crippen molar-refractivity contribution in [1.29, 1.82) is 0 Å². The lowest BCUT2D eigenvalue weighted by Crippen LogP contribution is -2.51. The van der Waals surface area contributed by atoms with Crippen LogP contribution in [-0.2, 0) is 21.1 Å². The summed E-state index contributed by atoms with van der Waals surface area (Å²) in [5, 5.41) is 0. The highest BCUT2D eigenvalue weighted by Crippen LogP contribution is 2.21. The van der Waals surface area contributed by atoms with Crippen molar-refractivity contribution in [3.05, 3.63) is 35.9 Å². The van der Waals surface area contributed by atoms with Gasteiger partial charge in [-0.2, -0.15) is 5.48 Å². The standard InChI is InChI=1S/C14H22N3O3P/c1-19-16-14(18)13-8-7-12(9-17(13)21)15-20-10-11-5-3-2-4-6-11/h2-6,12-13,15H,7-10,21H2,1H3,(H,16,18)/t12-,13+/m1/s1. The fourth-order valence-corrected chi connectivity index (χ4v) is 2.90. The first kappa shape index (κ1) is 16.3. The Bertz CT molecular complexity index is 446. The Morgan fingerprint density at radius 2 is 2.14 bits per heavy atom. The van der Waals surface area contributed by atoms with Gasteiger partial charge in [0.2, 0.25) is 0 Å². The lowest BCUT2D eigenvalue weighted by molar-refractivity contribution is -0.136. The Labute approximate surface area is 127 Å². The lowest BCUT2D eigenvalue weighted by atomic mass is 10.0. The molecule has 1 aliphatic heterocycles. The zero-order valence-electron chi connectivity index (χ0n) is 12.1. The van der Waals surface area contributed by atoms with Crippen molar-refractivity contribution in [3.63, 3.8) is 0 Å². The van der Waals surface area contributed by atoms with Crippen molar-refractivity contribution in [3.8, 4) is 0 Å². The van der Waals surface area contributed by atoms with Crippen LogP contribution in [0.4, 0.5) is 0 Å². The number of carbonyl (C=O) groups is 1. The maximum absolute atomic E-state index is 11.8. The van der Waals surface area contributed by atoms with E-state index < -0.39 is 0 Å². The summed E-state index contributed by atoms with van der Waals surface area (Å²) in [5.41, 5.74) is 6.58. The Kier molecular flexibility index (Phi) is 6.54. The van der Waals surface area contributed by atoms with Crippen LogP contribution in [0.1, 0.15) is 18.4 Å². The number of carbonyl (C=O) groups excluding carboxylic acids is 1. The van der Waals surface area contributed by atoms with E-state index >= 15 is 0 Å². The molecule has 6 nitrogen and oxygen atoms in total. The Morgan fingerprint density at radius 3 is 2.81 bits per heavy atom. The molecule has 1 saturated heterocycles. The van der Waals surface area contributed by atoms with Crippen molar-refractivity contribution in [2.75, 3.05) is 13.7 Å². The summed E-state index contributed by atoms with van der Waals surface area (Å²) in [6.45, 7) is 1.25. The predicted octanol–water partition coefficient (Wildman–Crippen LogP) is 1.01. The second kappa shape index (κ2) is 8.41. The minimum absolute atomic E-state index is 0.115. The molecule has 0 bridgehead atoms. The molecule has 1 unspecified atom stereocenters. The number of piperidine rings is 1. The van der Waals surface area contributed by atoms with Crippen LogP contribution in [0.3, 0.4) is 0 Å². The maximum atomic E-state index is 11.8. The summed E-state index contributed by atoms with van der Waals surface area (Å²) in [7, 11) is 4.04. The van der Waals surface area contributed by atoms with E-state index in [0.717, 1.165) is 24.9 Å². The molecular weight excluding hydrogens is 289 g/mol. The molecule has 0 saturated carbocycles. The summed E-state index contributed by atoms with van der Waals surface area (Å²) in [4.78, 5) is 22.0. The van der Waals surface area contributed by atoms with Crippen molar-refractivity contribution < 1.29 is 14.5 Å². The highest BCUT2D eigenvalue weighted by molar-refractivity contribution is 7.13. The van der Waals surface area contributed by atoms with E-state index in [0.29, 0.717) is 6.61 Å². The SMILES string of the molecule is CONC(=O)[C@@H]1CC[C@@H](NOCc2ccccc2)CN1P. The normalized spacial score (nSPS) is 23.0. The van der Waals surface area contributed by atoms with Crippen molar-refractivity contribution in [2.45, 2.75) is 31.5 Å². The maximum Gasteiger partial charge on any atom is 0.261 e. The highest BCUT2D eigenvalue weighted by Gasteiger charge is 2.30. The number of amides is 1. The van der Waals surface area contributed by atoms with Gasteiger partial charge in [-0.05, 0) is 18.4 Å². The fraction of sp³-hybridized carbons (Fsp3) is 0.500.